The van der Waals surface area contributed by atoms with E-state index in [-0.39, 0.29) is 23.8 Å². The first-order valence-electron chi connectivity index (χ1n) is 8.84. The Balaban J connectivity index is 2.17. The molecule has 1 aliphatic rings. The third-order valence-corrected chi connectivity index (χ3v) is 4.72. The Kier molecular flexibility index (Phi) is 6.01. The number of carbonyl (C=O) groups is 1. The molecule has 0 aliphatic heterocycles. The van der Waals surface area contributed by atoms with Crippen LogP contribution in [0.5, 0.6) is 0 Å². The molecule has 1 saturated carbocycles. The number of rotatable bonds is 7. The van der Waals surface area contributed by atoms with Crippen LogP contribution < -0.4 is 10.6 Å². The molecule has 1 fully saturated rings. The Bertz CT molecular complexity index is 784. The normalized spacial score (nSPS) is 15.6. The molecular formula is C21H28FN3O. The molecule has 140 valence electrons. The highest BCUT2D eigenvalue weighted by atomic mass is 19.1. The molecule has 0 spiro atoms. The smallest absolute Gasteiger partial charge is 0.251 e. The molecule has 0 saturated heterocycles. The molecule has 0 radical (unpaired) electrons. The minimum Gasteiger partial charge on any atom is -0.365 e. The number of amides is 1. The quantitative estimate of drug-likeness (QED) is 0.437. The number of nitrogens with zero attached hydrogens (tertiary/aromatic N) is 1. The molecule has 0 aromatic heterocycles. The summed E-state index contributed by atoms with van der Waals surface area (Å²) in [5, 5.41) is 6.26. The van der Waals surface area contributed by atoms with Gasteiger partial charge in [0, 0.05) is 23.2 Å². The third kappa shape index (κ3) is 4.81. The van der Waals surface area contributed by atoms with Crippen LogP contribution in [0.25, 0.3) is 0 Å². The third-order valence-electron chi connectivity index (χ3n) is 4.72. The van der Waals surface area contributed by atoms with Crippen LogP contribution in [0, 0.1) is 12.7 Å². The molecule has 0 atom stereocenters. The van der Waals surface area contributed by atoms with Gasteiger partial charge in [-0.1, -0.05) is 17.7 Å². The van der Waals surface area contributed by atoms with E-state index in [0.29, 0.717) is 17.0 Å². The molecule has 5 heteroatoms. The fraction of sp³-hybridized carbons (Fsp3) is 0.429. The van der Waals surface area contributed by atoms with Gasteiger partial charge in [-0.2, -0.15) is 0 Å². The number of carbonyl (C=O) groups excluding carboxylic acids is 1. The van der Waals surface area contributed by atoms with Crippen LogP contribution in [0.4, 0.5) is 4.39 Å². The van der Waals surface area contributed by atoms with Gasteiger partial charge < -0.3 is 10.6 Å². The van der Waals surface area contributed by atoms with Crippen LogP contribution >= 0.6 is 0 Å². The lowest BCUT2D eigenvalue weighted by molar-refractivity contribution is -0.117. The predicted octanol–water partition coefficient (Wildman–Crippen LogP) is 4.16. The molecule has 1 aliphatic carbocycles. The van der Waals surface area contributed by atoms with Crippen LogP contribution in [-0.2, 0) is 11.3 Å². The number of halogens is 1. The summed E-state index contributed by atoms with van der Waals surface area (Å²) in [5.74, 6) is 0.167. The molecule has 0 bridgehead atoms. The number of nitrogens with one attached hydrogen (secondary N) is 2. The zero-order valence-electron chi connectivity index (χ0n) is 16.3. The van der Waals surface area contributed by atoms with E-state index >= 15 is 0 Å². The molecule has 1 aromatic carbocycles. The summed E-state index contributed by atoms with van der Waals surface area (Å²) in [6.45, 7) is 13.4. The maximum absolute atomic E-state index is 13.7. The summed E-state index contributed by atoms with van der Waals surface area (Å²) in [6, 6.07) is 4.98. The topological polar surface area (TPSA) is 53.5 Å². The second kappa shape index (κ2) is 7.85. The van der Waals surface area contributed by atoms with Crippen LogP contribution in [0.1, 0.15) is 51.7 Å². The molecule has 0 heterocycles. The van der Waals surface area contributed by atoms with E-state index in [4.69, 9.17) is 0 Å². The minimum atomic E-state index is -0.268. The van der Waals surface area contributed by atoms with Crippen molar-refractivity contribution in [2.45, 2.75) is 59.5 Å². The van der Waals surface area contributed by atoms with Crippen molar-refractivity contribution in [2.75, 3.05) is 0 Å². The molecule has 2 N–H and O–H groups in total. The lowest BCUT2D eigenvalue weighted by Crippen LogP contribution is -2.30. The van der Waals surface area contributed by atoms with Crippen LogP contribution in [0.2, 0.25) is 0 Å². The number of aryl methyl sites for hydroxylation is 1. The fourth-order valence-corrected chi connectivity index (χ4v) is 2.76. The fourth-order valence-electron chi connectivity index (χ4n) is 2.76. The van der Waals surface area contributed by atoms with Gasteiger partial charge in [0.05, 0.1) is 0 Å². The Morgan fingerprint density at radius 2 is 1.96 bits per heavy atom. The summed E-state index contributed by atoms with van der Waals surface area (Å²) < 4.78 is 13.7. The summed E-state index contributed by atoms with van der Waals surface area (Å²) in [6.07, 6.45) is 2.16. The SMILES string of the molecule is C=N/C(NC1(C)CC1)=C(\C)C(C(=O)NCc1ccc(C)c(F)c1)=C(C)C. The van der Waals surface area contributed by atoms with Gasteiger partial charge >= 0.3 is 0 Å². The standard InChI is InChI=1S/C21H28FN3O/c1-13(2)18(15(4)19(23-6)25-21(5)9-10-21)20(26)24-12-16-8-7-14(3)17(22)11-16/h7-8,11,25H,6,9-10,12H2,1-5H3,(H,24,26)/b19-15-. The Morgan fingerprint density at radius 1 is 1.31 bits per heavy atom. The number of aliphatic imine (C=N–C) groups is 1. The van der Waals surface area contributed by atoms with Crippen molar-refractivity contribution in [3.05, 3.63) is 57.7 Å². The van der Waals surface area contributed by atoms with E-state index in [9.17, 15) is 9.18 Å². The van der Waals surface area contributed by atoms with Crippen LogP contribution in [-0.4, -0.2) is 18.2 Å². The van der Waals surface area contributed by atoms with Gasteiger partial charge in [0.25, 0.3) is 5.91 Å². The highest BCUT2D eigenvalue weighted by Gasteiger charge is 2.38. The largest absolute Gasteiger partial charge is 0.365 e. The molecule has 2 rings (SSSR count). The first-order valence-corrected chi connectivity index (χ1v) is 8.84. The Hall–Kier alpha value is -2.43. The highest BCUT2D eigenvalue weighted by Crippen LogP contribution is 2.36. The average Bonchev–Trinajstić information content (AvgIpc) is 3.31. The lowest BCUT2D eigenvalue weighted by Gasteiger charge is -2.18. The highest BCUT2D eigenvalue weighted by molar-refractivity contribution is 5.98. The lowest BCUT2D eigenvalue weighted by atomic mass is 10.0. The average molecular weight is 357 g/mol. The van der Waals surface area contributed by atoms with Gasteiger partial charge in [-0.25, -0.2) is 9.38 Å². The second-order valence-electron chi connectivity index (χ2n) is 7.46. The molecule has 1 aromatic rings. The van der Waals surface area contributed by atoms with E-state index in [1.165, 1.54) is 6.07 Å². The van der Waals surface area contributed by atoms with Crippen molar-refractivity contribution < 1.29 is 9.18 Å². The number of allylic oxidation sites excluding steroid dienone is 1. The minimum absolute atomic E-state index is 0.0421. The van der Waals surface area contributed by atoms with Gasteiger partial charge in [0.2, 0.25) is 0 Å². The maximum atomic E-state index is 13.7. The van der Waals surface area contributed by atoms with E-state index in [2.05, 4.69) is 29.3 Å². The van der Waals surface area contributed by atoms with Crippen LogP contribution in [0.3, 0.4) is 0 Å². The summed E-state index contributed by atoms with van der Waals surface area (Å²) in [7, 11) is 0. The first-order chi connectivity index (χ1) is 12.2. The monoisotopic (exact) mass is 357 g/mol. The molecule has 26 heavy (non-hydrogen) atoms. The van der Waals surface area contributed by atoms with E-state index in [1.54, 1.807) is 13.0 Å². The van der Waals surface area contributed by atoms with Gasteiger partial charge in [-0.05, 0) is 71.4 Å². The van der Waals surface area contributed by atoms with Crippen molar-refractivity contribution in [3.63, 3.8) is 0 Å². The summed E-state index contributed by atoms with van der Waals surface area (Å²) in [4.78, 5) is 16.9. The predicted molar refractivity (Wildman–Crippen MR) is 104 cm³/mol. The Morgan fingerprint density at radius 3 is 2.46 bits per heavy atom. The molecular weight excluding hydrogens is 329 g/mol. The summed E-state index contributed by atoms with van der Waals surface area (Å²) in [5.41, 5.74) is 3.59. The van der Waals surface area contributed by atoms with Crippen LogP contribution in [0.15, 0.2) is 45.7 Å². The van der Waals surface area contributed by atoms with Crippen molar-refractivity contribution in [1.29, 1.82) is 0 Å². The molecule has 4 nitrogen and oxygen atoms in total. The van der Waals surface area contributed by atoms with E-state index in [0.717, 1.165) is 29.6 Å². The van der Waals surface area contributed by atoms with Gasteiger partial charge in [0.15, 0.2) is 0 Å². The van der Waals surface area contributed by atoms with Gasteiger partial charge in [0.1, 0.15) is 11.6 Å². The number of hydrogen-bond donors (Lipinski definition) is 2. The maximum Gasteiger partial charge on any atom is 0.251 e. The zero-order chi connectivity index (χ0) is 19.5. The zero-order valence-corrected chi connectivity index (χ0v) is 16.3. The van der Waals surface area contributed by atoms with Crippen molar-refractivity contribution in [3.8, 4) is 0 Å². The van der Waals surface area contributed by atoms with Crippen molar-refractivity contribution in [1.82, 2.24) is 10.6 Å². The Labute approximate surface area is 155 Å². The van der Waals surface area contributed by atoms with Crippen molar-refractivity contribution in [2.24, 2.45) is 4.99 Å². The molecule has 1 amide bonds. The summed E-state index contributed by atoms with van der Waals surface area (Å²) >= 11 is 0. The van der Waals surface area contributed by atoms with Crippen molar-refractivity contribution >= 4 is 12.6 Å². The van der Waals surface area contributed by atoms with Gasteiger partial charge in [-0.3, -0.25) is 4.79 Å². The number of hydrogen-bond acceptors (Lipinski definition) is 3. The second-order valence-corrected chi connectivity index (χ2v) is 7.46. The first kappa shape index (κ1) is 19.9. The number of benzene rings is 1. The van der Waals surface area contributed by atoms with Gasteiger partial charge in [-0.15, -0.1) is 0 Å². The van der Waals surface area contributed by atoms with E-state index in [1.807, 2.05) is 26.8 Å². The van der Waals surface area contributed by atoms with E-state index < -0.39 is 0 Å². The molecule has 0 unspecified atom stereocenters.